The molecule has 0 aromatic heterocycles. The molecule has 0 rings (SSSR count). The second kappa shape index (κ2) is 8.14. The number of hydrogen-bond donors (Lipinski definition) is 0. The molecule has 0 N–H and O–H groups in total. The Hall–Kier alpha value is -0.106. The summed E-state index contributed by atoms with van der Waals surface area (Å²) in [5.41, 5.74) is 0. The molecule has 3 nitrogen and oxygen atoms in total. The summed E-state index contributed by atoms with van der Waals surface area (Å²) < 4.78 is 11.8. The molecule has 0 atom stereocenters. The first-order valence-corrected chi connectivity index (χ1v) is 13.8. The molecule has 0 aliphatic carbocycles. The van der Waals surface area contributed by atoms with Gasteiger partial charge in [0.05, 0.1) is 6.20 Å². The van der Waals surface area contributed by atoms with Crippen molar-refractivity contribution in [1.82, 2.24) is 5.23 Å². The maximum Gasteiger partial charge on any atom is 0.223 e. The largest absolute Gasteiger partial charge is 0.299 e. The van der Waals surface area contributed by atoms with E-state index in [2.05, 4.69) is 52.3 Å². The van der Waals surface area contributed by atoms with Crippen LogP contribution in [0.3, 0.4) is 0 Å². The Balaban J connectivity index is 4.29. The normalized spacial score (nSPS) is 13.3. The van der Waals surface area contributed by atoms with Crippen LogP contribution < -0.4 is 0 Å². The van der Waals surface area contributed by atoms with Crippen molar-refractivity contribution in [2.24, 2.45) is 0 Å². The van der Waals surface area contributed by atoms with Crippen LogP contribution in [0.5, 0.6) is 0 Å². The molecular formula is C13H31NO2Si2. The molecule has 18 heavy (non-hydrogen) atoms. The third kappa shape index (κ3) is 12.4. The Kier molecular flexibility index (Phi) is 8.09. The van der Waals surface area contributed by atoms with Gasteiger partial charge in [-0.3, -0.25) is 9.05 Å². The van der Waals surface area contributed by atoms with Gasteiger partial charge >= 0.3 is 0 Å². The summed E-state index contributed by atoms with van der Waals surface area (Å²) in [6.07, 6.45) is 8.97. The molecule has 0 bridgehead atoms. The fourth-order valence-electron chi connectivity index (χ4n) is 1.29. The molecule has 0 aliphatic heterocycles. The van der Waals surface area contributed by atoms with Gasteiger partial charge in [-0.1, -0.05) is 25.8 Å². The molecule has 0 saturated heterocycles. The molecular weight excluding hydrogens is 258 g/mol. The first-order valence-electron chi connectivity index (χ1n) is 6.98. The molecule has 0 aliphatic rings. The van der Waals surface area contributed by atoms with Gasteiger partial charge in [-0.15, -0.1) is 0 Å². The van der Waals surface area contributed by atoms with Crippen LogP contribution in [0.2, 0.25) is 39.3 Å². The highest BCUT2D eigenvalue weighted by Crippen LogP contribution is 2.14. The maximum atomic E-state index is 5.92. The van der Waals surface area contributed by atoms with E-state index in [0.29, 0.717) is 0 Å². The lowest BCUT2D eigenvalue weighted by Gasteiger charge is -2.31. The summed E-state index contributed by atoms with van der Waals surface area (Å²) in [6, 6.07) is 0. The molecule has 0 spiro atoms. The Labute approximate surface area is 115 Å². The van der Waals surface area contributed by atoms with E-state index in [1.54, 1.807) is 5.23 Å². The summed E-state index contributed by atoms with van der Waals surface area (Å²) in [7, 11) is -3.25. The molecule has 0 amide bonds. The molecule has 0 saturated carbocycles. The van der Waals surface area contributed by atoms with Crippen LogP contribution >= 0.6 is 0 Å². The van der Waals surface area contributed by atoms with E-state index in [4.69, 9.17) is 9.05 Å². The average molecular weight is 290 g/mol. The lowest BCUT2D eigenvalue weighted by atomic mass is 10.2. The first kappa shape index (κ1) is 17.9. The van der Waals surface area contributed by atoms with Crippen LogP contribution in [-0.4, -0.2) is 21.9 Å². The van der Waals surface area contributed by atoms with Gasteiger partial charge in [0.2, 0.25) is 16.6 Å². The van der Waals surface area contributed by atoms with Gasteiger partial charge in [0.25, 0.3) is 0 Å². The fraction of sp³-hybridized carbons (Fsp3) is 0.846. The van der Waals surface area contributed by atoms with Crippen LogP contribution in [0.4, 0.5) is 0 Å². The number of hydrogen-bond acceptors (Lipinski definition) is 3. The van der Waals surface area contributed by atoms with Gasteiger partial charge in [-0.2, -0.15) is 5.23 Å². The molecule has 0 fully saturated rings. The number of nitrogens with zero attached hydrogens (tertiary/aromatic N) is 1. The Bertz CT molecular complexity index is 228. The summed E-state index contributed by atoms with van der Waals surface area (Å²) in [5.74, 6) is 0. The Morgan fingerprint density at radius 3 is 1.78 bits per heavy atom. The van der Waals surface area contributed by atoms with Crippen LogP contribution in [0, 0.1) is 0 Å². The first-order chi connectivity index (χ1) is 8.14. The van der Waals surface area contributed by atoms with Crippen molar-refractivity contribution in [3.8, 4) is 0 Å². The minimum atomic E-state index is -1.62. The molecule has 0 aromatic rings. The van der Waals surface area contributed by atoms with E-state index in [0.717, 1.165) is 6.42 Å². The van der Waals surface area contributed by atoms with Crippen molar-refractivity contribution >= 4 is 16.6 Å². The van der Waals surface area contributed by atoms with Gasteiger partial charge in [0.15, 0.2) is 0 Å². The van der Waals surface area contributed by atoms with Gasteiger partial charge in [0, 0.05) is 0 Å². The smallest absolute Gasteiger partial charge is 0.223 e. The van der Waals surface area contributed by atoms with Gasteiger partial charge in [-0.25, -0.2) is 0 Å². The zero-order valence-corrected chi connectivity index (χ0v) is 15.2. The standard InChI is InChI=1S/C13H31NO2Si2/c1-8-9-10-11-12-13-14(15-17(2,3)4)16-18(5,6)7/h12-13H,8-11H2,1-7H3/b13-12+. The number of hydroxylamine groups is 2. The molecule has 0 unspecified atom stereocenters. The van der Waals surface area contributed by atoms with Crippen molar-refractivity contribution in [1.29, 1.82) is 0 Å². The van der Waals surface area contributed by atoms with E-state index in [9.17, 15) is 0 Å². The quantitative estimate of drug-likeness (QED) is 0.342. The van der Waals surface area contributed by atoms with Crippen LogP contribution in [0.25, 0.3) is 0 Å². The second-order valence-corrected chi connectivity index (χ2v) is 15.4. The highest BCUT2D eigenvalue weighted by molar-refractivity contribution is 6.70. The molecule has 0 aromatic carbocycles. The van der Waals surface area contributed by atoms with E-state index < -0.39 is 16.6 Å². The van der Waals surface area contributed by atoms with Crippen LogP contribution in [0.15, 0.2) is 12.3 Å². The average Bonchev–Trinajstić information content (AvgIpc) is 2.12. The lowest BCUT2D eigenvalue weighted by molar-refractivity contribution is -0.231. The van der Waals surface area contributed by atoms with E-state index >= 15 is 0 Å². The van der Waals surface area contributed by atoms with E-state index in [1.165, 1.54) is 19.3 Å². The van der Waals surface area contributed by atoms with Crippen molar-refractivity contribution in [3.63, 3.8) is 0 Å². The zero-order chi connectivity index (χ0) is 14.2. The SMILES string of the molecule is CCCCC/C=C/N(O[Si](C)(C)C)O[Si](C)(C)C. The fourth-order valence-corrected chi connectivity index (χ4v) is 2.64. The summed E-state index contributed by atoms with van der Waals surface area (Å²) in [6.45, 7) is 15.2. The van der Waals surface area contributed by atoms with Crippen LogP contribution in [0.1, 0.15) is 32.6 Å². The minimum absolute atomic E-state index is 1.09. The number of allylic oxidation sites excluding steroid dienone is 1. The third-order valence-corrected chi connectivity index (χ3v) is 3.38. The van der Waals surface area contributed by atoms with Gasteiger partial charge < -0.3 is 0 Å². The van der Waals surface area contributed by atoms with Crippen molar-refractivity contribution in [2.75, 3.05) is 0 Å². The monoisotopic (exact) mass is 289 g/mol. The summed E-state index contributed by atoms with van der Waals surface area (Å²) in [4.78, 5) is 0. The van der Waals surface area contributed by atoms with Gasteiger partial charge in [0.1, 0.15) is 0 Å². The molecule has 108 valence electrons. The van der Waals surface area contributed by atoms with Gasteiger partial charge in [-0.05, 0) is 52.1 Å². The molecule has 5 heteroatoms. The number of unbranched alkanes of at least 4 members (excludes halogenated alkanes) is 3. The highest BCUT2D eigenvalue weighted by atomic mass is 28.4. The minimum Gasteiger partial charge on any atom is -0.299 e. The van der Waals surface area contributed by atoms with Crippen molar-refractivity contribution in [2.45, 2.75) is 71.9 Å². The summed E-state index contributed by atoms with van der Waals surface area (Å²) >= 11 is 0. The zero-order valence-electron chi connectivity index (χ0n) is 13.2. The summed E-state index contributed by atoms with van der Waals surface area (Å²) in [5, 5.41) is 1.62. The van der Waals surface area contributed by atoms with E-state index in [1.807, 2.05) is 6.20 Å². The Morgan fingerprint density at radius 1 is 0.889 bits per heavy atom. The second-order valence-electron chi connectivity index (χ2n) is 6.57. The molecule has 0 heterocycles. The topological polar surface area (TPSA) is 21.7 Å². The predicted molar refractivity (Wildman–Crippen MR) is 84.0 cm³/mol. The maximum absolute atomic E-state index is 5.92. The molecule has 0 radical (unpaired) electrons. The van der Waals surface area contributed by atoms with Crippen molar-refractivity contribution in [3.05, 3.63) is 12.3 Å². The van der Waals surface area contributed by atoms with Crippen molar-refractivity contribution < 1.29 is 9.05 Å². The van der Waals surface area contributed by atoms with E-state index in [-0.39, 0.29) is 0 Å². The predicted octanol–water partition coefficient (Wildman–Crippen LogP) is 4.92. The lowest BCUT2D eigenvalue weighted by Crippen LogP contribution is -2.41. The number of rotatable bonds is 9. The van der Waals surface area contributed by atoms with Crippen LogP contribution in [-0.2, 0) is 9.05 Å². The third-order valence-electron chi connectivity index (χ3n) is 1.93. The highest BCUT2D eigenvalue weighted by Gasteiger charge is 2.24. The Morgan fingerprint density at radius 2 is 1.39 bits per heavy atom.